The molecule has 0 fully saturated rings. The fourth-order valence-corrected chi connectivity index (χ4v) is 3.01. The summed E-state index contributed by atoms with van der Waals surface area (Å²) in [7, 11) is 0. The second-order valence-corrected chi connectivity index (χ2v) is 6.78. The van der Waals surface area contributed by atoms with Crippen molar-refractivity contribution in [2.24, 2.45) is 0 Å². The summed E-state index contributed by atoms with van der Waals surface area (Å²) in [5.41, 5.74) is 3.37. The summed E-state index contributed by atoms with van der Waals surface area (Å²) in [6, 6.07) is 21.7. The van der Waals surface area contributed by atoms with Gasteiger partial charge in [0.15, 0.2) is 0 Å². The predicted molar refractivity (Wildman–Crippen MR) is 109 cm³/mol. The zero-order valence-corrected chi connectivity index (χ0v) is 15.5. The van der Waals surface area contributed by atoms with Crippen LogP contribution in [-0.2, 0) is 0 Å². The van der Waals surface area contributed by atoms with Gasteiger partial charge in [0.25, 0.3) is 5.91 Å². The molecule has 0 unspecified atom stereocenters. The Morgan fingerprint density at radius 2 is 1.48 bits per heavy atom. The number of carbonyl (C=O) groups excluding carboxylic acids is 1. The van der Waals surface area contributed by atoms with Crippen molar-refractivity contribution in [1.82, 2.24) is 15.0 Å². The molecule has 0 bridgehead atoms. The SMILES string of the molecule is O=C(/C(=C/c1ccc(Cl)cc1)c1ccc(Cl)cc1)n1nnc2ccccc21. The molecule has 1 heterocycles. The molecule has 0 amide bonds. The first-order valence-corrected chi connectivity index (χ1v) is 8.96. The second kappa shape index (κ2) is 7.35. The number of carbonyl (C=O) groups is 1. The number of rotatable bonds is 3. The van der Waals surface area contributed by atoms with E-state index in [0.717, 1.165) is 11.1 Å². The lowest BCUT2D eigenvalue weighted by atomic mass is 10.0. The Bertz CT molecular complexity index is 1150. The minimum atomic E-state index is -0.277. The zero-order valence-electron chi connectivity index (χ0n) is 14.0. The van der Waals surface area contributed by atoms with Gasteiger partial charge in [-0.3, -0.25) is 4.79 Å². The highest BCUT2D eigenvalue weighted by Gasteiger charge is 2.18. The average Bonchev–Trinajstić information content (AvgIpc) is 3.12. The van der Waals surface area contributed by atoms with Gasteiger partial charge in [0.2, 0.25) is 0 Å². The fourth-order valence-electron chi connectivity index (χ4n) is 2.76. The Kier molecular flexibility index (Phi) is 4.75. The molecular formula is C21H13Cl2N3O. The van der Waals surface area contributed by atoms with Crippen LogP contribution in [0.4, 0.5) is 0 Å². The van der Waals surface area contributed by atoms with Gasteiger partial charge in [-0.05, 0) is 53.6 Å². The lowest BCUT2D eigenvalue weighted by molar-refractivity contribution is 0.0969. The molecule has 4 rings (SSSR count). The van der Waals surface area contributed by atoms with Crippen molar-refractivity contribution in [3.8, 4) is 0 Å². The first-order chi connectivity index (χ1) is 13.1. The Morgan fingerprint density at radius 1 is 0.852 bits per heavy atom. The van der Waals surface area contributed by atoms with Gasteiger partial charge in [0.05, 0.1) is 5.52 Å². The molecule has 1 aromatic heterocycles. The fraction of sp³-hybridized carbons (Fsp3) is 0. The van der Waals surface area contributed by atoms with E-state index in [9.17, 15) is 4.79 Å². The maximum Gasteiger partial charge on any atom is 0.280 e. The van der Waals surface area contributed by atoms with Crippen molar-refractivity contribution in [1.29, 1.82) is 0 Å². The van der Waals surface area contributed by atoms with E-state index in [1.807, 2.05) is 36.4 Å². The van der Waals surface area contributed by atoms with E-state index in [-0.39, 0.29) is 5.91 Å². The van der Waals surface area contributed by atoms with Gasteiger partial charge in [-0.1, -0.05) is 64.8 Å². The summed E-state index contributed by atoms with van der Waals surface area (Å²) < 4.78 is 1.31. The highest BCUT2D eigenvalue weighted by atomic mass is 35.5. The molecule has 0 aliphatic heterocycles. The number of hydrogen-bond acceptors (Lipinski definition) is 3. The molecule has 4 nitrogen and oxygen atoms in total. The van der Waals surface area contributed by atoms with Crippen molar-refractivity contribution in [3.63, 3.8) is 0 Å². The van der Waals surface area contributed by atoms with Crippen LogP contribution in [0.25, 0.3) is 22.7 Å². The van der Waals surface area contributed by atoms with Crippen LogP contribution in [0.15, 0.2) is 72.8 Å². The van der Waals surface area contributed by atoms with Crippen LogP contribution in [0.5, 0.6) is 0 Å². The van der Waals surface area contributed by atoms with Crippen LogP contribution < -0.4 is 0 Å². The normalized spacial score (nSPS) is 11.7. The monoisotopic (exact) mass is 393 g/mol. The van der Waals surface area contributed by atoms with Crippen molar-refractivity contribution in [2.45, 2.75) is 0 Å². The lowest BCUT2D eigenvalue weighted by Gasteiger charge is -2.08. The van der Waals surface area contributed by atoms with Gasteiger partial charge < -0.3 is 0 Å². The van der Waals surface area contributed by atoms with Gasteiger partial charge in [-0.2, -0.15) is 4.68 Å². The van der Waals surface area contributed by atoms with E-state index in [0.29, 0.717) is 26.7 Å². The molecular weight excluding hydrogens is 381 g/mol. The Hall–Kier alpha value is -2.95. The van der Waals surface area contributed by atoms with E-state index >= 15 is 0 Å². The number of fused-ring (bicyclic) bond motifs is 1. The molecule has 0 N–H and O–H groups in total. The number of hydrogen-bond donors (Lipinski definition) is 0. The minimum Gasteiger partial charge on any atom is -0.267 e. The topological polar surface area (TPSA) is 47.8 Å². The quantitative estimate of drug-likeness (QED) is 0.335. The summed E-state index contributed by atoms with van der Waals surface area (Å²) in [4.78, 5) is 13.3. The van der Waals surface area contributed by atoms with Gasteiger partial charge >= 0.3 is 0 Å². The van der Waals surface area contributed by atoms with Gasteiger partial charge in [0.1, 0.15) is 5.52 Å². The van der Waals surface area contributed by atoms with Crippen LogP contribution in [0.3, 0.4) is 0 Å². The summed E-state index contributed by atoms with van der Waals surface area (Å²) in [6.07, 6.45) is 1.80. The highest BCUT2D eigenvalue weighted by Crippen LogP contribution is 2.24. The number of para-hydroxylation sites is 1. The third-order valence-electron chi connectivity index (χ3n) is 4.11. The Balaban J connectivity index is 1.85. The van der Waals surface area contributed by atoms with Crippen LogP contribution in [0.1, 0.15) is 15.9 Å². The number of allylic oxidation sites excluding steroid dienone is 1. The summed E-state index contributed by atoms with van der Waals surface area (Å²) >= 11 is 12.0. The van der Waals surface area contributed by atoms with Crippen molar-refractivity contribution in [2.75, 3.05) is 0 Å². The van der Waals surface area contributed by atoms with E-state index in [1.54, 1.807) is 42.5 Å². The number of nitrogens with zero attached hydrogens (tertiary/aromatic N) is 3. The van der Waals surface area contributed by atoms with Gasteiger partial charge in [-0.15, -0.1) is 5.10 Å². The Labute approximate surface area is 165 Å². The van der Waals surface area contributed by atoms with Crippen molar-refractivity contribution in [3.05, 3.63) is 94.0 Å². The van der Waals surface area contributed by atoms with Crippen molar-refractivity contribution >= 4 is 51.8 Å². The third kappa shape index (κ3) is 3.63. The Morgan fingerprint density at radius 3 is 2.19 bits per heavy atom. The largest absolute Gasteiger partial charge is 0.280 e. The van der Waals surface area contributed by atoms with E-state index < -0.39 is 0 Å². The van der Waals surface area contributed by atoms with E-state index in [4.69, 9.17) is 23.2 Å². The maximum absolute atomic E-state index is 13.3. The smallest absolute Gasteiger partial charge is 0.267 e. The molecule has 132 valence electrons. The van der Waals surface area contributed by atoms with Gasteiger partial charge in [0, 0.05) is 15.6 Å². The van der Waals surface area contributed by atoms with Crippen LogP contribution in [0.2, 0.25) is 10.0 Å². The predicted octanol–water partition coefficient (Wildman–Crippen LogP) is 5.62. The first-order valence-electron chi connectivity index (χ1n) is 8.20. The third-order valence-corrected chi connectivity index (χ3v) is 4.61. The average molecular weight is 394 g/mol. The van der Waals surface area contributed by atoms with E-state index in [2.05, 4.69) is 10.3 Å². The van der Waals surface area contributed by atoms with Crippen molar-refractivity contribution < 1.29 is 4.79 Å². The molecule has 0 atom stereocenters. The molecule has 3 aromatic carbocycles. The number of benzene rings is 3. The molecule has 0 spiro atoms. The zero-order chi connectivity index (χ0) is 18.8. The summed E-state index contributed by atoms with van der Waals surface area (Å²) in [5, 5.41) is 9.35. The first kappa shape index (κ1) is 17.5. The lowest BCUT2D eigenvalue weighted by Crippen LogP contribution is -2.14. The molecule has 0 aliphatic rings. The molecule has 0 saturated carbocycles. The molecule has 0 aliphatic carbocycles. The van der Waals surface area contributed by atoms with Crippen LogP contribution in [0, 0.1) is 0 Å². The summed E-state index contributed by atoms with van der Waals surface area (Å²) in [5.74, 6) is -0.277. The highest BCUT2D eigenvalue weighted by molar-refractivity contribution is 6.31. The molecule has 27 heavy (non-hydrogen) atoms. The van der Waals surface area contributed by atoms with Crippen LogP contribution in [-0.4, -0.2) is 20.9 Å². The molecule has 6 heteroatoms. The molecule has 0 saturated heterocycles. The number of aromatic nitrogens is 3. The second-order valence-electron chi connectivity index (χ2n) is 5.91. The molecule has 4 aromatic rings. The van der Waals surface area contributed by atoms with Gasteiger partial charge in [-0.25, -0.2) is 0 Å². The minimum absolute atomic E-state index is 0.277. The number of halogens is 2. The van der Waals surface area contributed by atoms with Crippen LogP contribution >= 0.6 is 23.2 Å². The maximum atomic E-state index is 13.3. The molecule has 0 radical (unpaired) electrons. The standard InChI is InChI=1S/C21H13Cl2N3O/c22-16-9-5-14(6-10-16)13-18(15-7-11-17(23)12-8-15)21(27)26-20-4-2-1-3-19(20)24-25-26/h1-13H/b18-13+. The van der Waals surface area contributed by atoms with E-state index in [1.165, 1.54) is 4.68 Å². The summed E-state index contributed by atoms with van der Waals surface area (Å²) in [6.45, 7) is 0.